The van der Waals surface area contributed by atoms with Crippen LogP contribution in [0.25, 0.3) is 0 Å². The molecule has 0 spiro atoms. The lowest BCUT2D eigenvalue weighted by atomic mass is 9.94. The topological polar surface area (TPSA) is 67.2 Å². The zero-order valence-corrected chi connectivity index (χ0v) is 14.4. The van der Waals surface area contributed by atoms with Gasteiger partial charge in [0.2, 0.25) is 5.91 Å². The molecule has 1 fully saturated rings. The molecule has 0 aliphatic carbocycles. The van der Waals surface area contributed by atoms with Gasteiger partial charge in [0.15, 0.2) is 0 Å². The van der Waals surface area contributed by atoms with Gasteiger partial charge in [0, 0.05) is 32.0 Å². The fraction of sp³-hybridized carbons (Fsp3) is 0.529. The Morgan fingerprint density at radius 3 is 2.96 bits per heavy atom. The summed E-state index contributed by atoms with van der Waals surface area (Å²) in [7, 11) is 4.01. The van der Waals surface area contributed by atoms with Crippen molar-refractivity contribution >= 4 is 5.91 Å². The second-order valence-corrected chi connectivity index (χ2v) is 6.53. The molecule has 1 aliphatic heterocycles. The minimum atomic E-state index is -0.339. The van der Waals surface area contributed by atoms with Gasteiger partial charge in [-0.3, -0.25) is 14.7 Å². The number of amides is 1. The highest BCUT2D eigenvalue weighted by Gasteiger charge is 2.35. The molecular weight excluding hydrogens is 304 g/mol. The summed E-state index contributed by atoms with van der Waals surface area (Å²) in [4.78, 5) is 25.0. The van der Waals surface area contributed by atoms with E-state index < -0.39 is 0 Å². The molecule has 0 bridgehead atoms. The van der Waals surface area contributed by atoms with Crippen molar-refractivity contribution in [2.75, 3.05) is 27.2 Å². The molecule has 0 radical (unpaired) electrons. The molecule has 2 aromatic rings. The molecule has 128 valence electrons. The lowest BCUT2D eigenvalue weighted by Gasteiger charge is -2.29. The van der Waals surface area contributed by atoms with Gasteiger partial charge >= 0.3 is 0 Å². The predicted octanol–water partition coefficient (Wildman–Crippen LogP) is 1.39. The van der Waals surface area contributed by atoms with E-state index in [0.29, 0.717) is 12.0 Å². The van der Waals surface area contributed by atoms with Gasteiger partial charge in [-0.2, -0.15) is 5.10 Å². The number of carbonyl (C=O) groups is 1. The molecule has 3 heterocycles. The van der Waals surface area contributed by atoms with Gasteiger partial charge in [-0.1, -0.05) is 6.07 Å². The average Bonchev–Trinajstić information content (AvgIpc) is 3.24. The Hall–Kier alpha value is -2.28. The third-order valence-corrected chi connectivity index (χ3v) is 4.88. The number of nitrogens with zero attached hydrogens (tertiary/aromatic N) is 6. The number of aromatic nitrogens is 4. The van der Waals surface area contributed by atoms with Crippen LogP contribution in [0.1, 0.15) is 31.0 Å². The average molecular weight is 328 g/mol. The number of hydrogen-bond donors (Lipinski definition) is 0. The van der Waals surface area contributed by atoms with Gasteiger partial charge in [-0.15, -0.1) is 0 Å². The molecule has 1 amide bonds. The van der Waals surface area contributed by atoms with Gasteiger partial charge in [-0.05, 0) is 44.5 Å². The summed E-state index contributed by atoms with van der Waals surface area (Å²) >= 11 is 0. The van der Waals surface area contributed by atoms with Crippen molar-refractivity contribution in [2.24, 2.45) is 5.92 Å². The van der Waals surface area contributed by atoms with Crippen LogP contribution in [0.4, 0.5) is 0 Å². The number of likely N-dealkylation sites (N-methyl/N-ethyl adjacent to an activating group) is 1. The molecule has 0 N–H and O–H groups in total. The van der Waals surface area contributed by atoms with Crippen molar-refractivity contribution in [3.05, 3.63) is 42.7 Å². The highest BCUT2D eigenvalue weighted by atomic mass is 16.2. The molecule has 3 rings (SSSR count). The maximum Gasteiger partial charge on any atom is 0.246 e. The lowest BCUT2D eigenvalue weighted by molar-refractivity contribution is -0.133. The third kappa shape index (κ3) is 3.31. The standard InChI is InChI=1S/C17H24N6O/c1-13(23-12-19-11-20-23)17(24)22(3)10-15-6-8-21(2)16(15)14-5-4-7-18-9-14/h4-5,7,9,11-13,15-16H,6,8,10H2,1-3H3/t13?,15-,16-/m0/s1. The second kappa shape index (κ2) is 7.09. The first-order chi connectivity index (χ1) is 11.6. The number of pyridine rings is 1. The molecule has 1 saturated heterocycles. The van der Waals surface area contributed by atoms with Crippen molar-refractivity contribution in [3.8, 4) is 0 Å². The number of rotatable bonds is 5. The minimum Gasteiger partial charge on any atom is -0.344 e. The molecule has 1 aliphatic rings. The largest absolute Gasteiger partial charge is 0.344 e. The Morgan fingerprint density at radius 2 is 2.29 bits per heavy atom. The Labute approximate surface area is 142 Å². The van der Waals surface area contributed by atoms with Crippen molar-refractivity contribution < 1.29 is 4.79 Å². The van der Waals surface area contributed by atoms with Gasteiger partial charge < -0.3 is 4.90 Å². The van der Waals surface area contributed by atoms with Crippen LogP contribution < -0.4 is 0 Å². The summed E-state index contributed by atoms with van der Waals surface area (Å²) in [6.45, 7) is 3.61. The van der Waals surface area contributed by atoms with E-state index in [-0.39, 0.29) is 11.9 Å². The first-order valence-electron chi connectivity index (χ1n) is 8.27. The van der Waals surface area contributed by atoms with Crippen LogP contribution in [0.3, 0.4) is 0 Å². The van der Waals surface area contributed by atoms with E-state index in [1.807, 2.05) is 31.1 Å². The van der Waals surface area contributed by atoms with Crippen LogP contribution in [0, 0.1) is 5.92 Å². The third-order valence-electron chi connectivity index (χ3n) is 4.88. The van der Waals surface area contributed by atoms with E-state index in [2.05, 4.69) is 33.1 Å². The van der Waals surface area contributed by atoms with Crippen LogP contribution in [0.15, 0.2) is 37.2 Å². The van der Waals surface area contributed by atoms with Gasteiger partial charge in [0.05, 0.1) is 0 Å². The van der Waals surface area contributed by atoms with Gasteiger partial charge in [0.25, 0.3) is 0 Å². The molecular formula is C17H24N6O. The summed E-state index contributed by atoms with van der Waals surface area (Å²) in [6, 6.07) is 4.05. The predicted molar refractivity (Wildman–Crippen MR) is 90.1 cm³/mol. The highest BCUT2D eigenvalue weighted by Crippen LogP contribution is 2.36. The first kappa shape index (κ1) is 16.6. The number of likely N-dealkylation sites (tertiary alicyclic amines) is 1. The molecule has 0 aromatic carbocycles. The highest BCUT2D eigenvalue weighted by molar-refractivity contribution is 5.79. The van der Waals surface area contributed by atoms with Gasteiger partial charge in [0.1, 0.15) is 18.7 Å². The zero-order chi connectivity index (χ0) is 17.1. The van der Waals surface area contributed by atoms with E-state index in [1.54, 1.807) is 17.2 Å². The van der Waals surface area contributed by atoms with Crippen molar-refractivity contribution in [1.82, 2.24) is 29.5 Å². The fourth-order valence-electron chi connectivity index (χ4n) is 3.59. The van der Waals surface area contributed by atoms with Crippen molar-refractivity contribution in [1.29, 1.82) is 0 Å². The molecule has 0 saturated carbocycles. The molecule has 3 atom stereocenters. The van der Waals surface area contributed by atoms with Crippen LogP contribution in [0.5, 0.6) is 0 Å². The van der Waals surface area contributed by atoms with Crippen molar-refractivity contribution in [2.45, 2.75) is 25.4 Å². The maximum absolute atomic E-state index is 12.7. The van der Waals surface area contributed by atoms with E-state index >= 15 is 0 Å². The van der Waals surface area contributed by atoms with E-state index in [9.17, 15) is 4.79 Å². The Bertz CT molecular complexity index is 659. The number of hydrogen-bond acceptors (Lipinski definition) is 5. The Balaban J connectivity index is 1.69. The molecule has 24 heavy (non-hydrogen) atoms. The zero-order valence-electron chi connectivity index (χ0n) is 14.4. The fourth-order valence-corrected chi connectivity index (χ4v) is 3.59. The Kier molecular flexibility index (Phi) is 4.89. The van der Waals surface area contributed by atoms with E-state index in [1.165, 1.54) is 11.9 Å². The normalized spacial score (nSPS) is 22.5. The molecule has 2 aromatic heterocycles. The summed E-state index contributed by atoms with van der Waals surface area (Å²) in [5.74, 6) is 0.455. The summed E-state index contributed by atoms with van der Waals surface area (Å²) in [5.41, 5.74) is 1.22. The van der Waals surface area contributed by atoms with Gasteiger partial charge in [-0.25, -0.2) is 9.67 Å². The number of carbonyl (C=O) groups excluding carboxylic acids is 1. The van der Waals surface area contributed by atoms with Crippen molar-refractivity contribution in [3.63, 3.8) is 0 Å². The lowest BCUT2D eigenvalue weighted by Crippen LogP contribution is -2.38. The van der Waals surface area contributed by atoms with Crippen LogP contribution in [-0.4, -0.2) is 62.6 Å². The maximum atomic E-state index is 12.7. The smallest absolute Gasteiger partial charge is 0.246 e. The van der Waals surface area contributed by atoms with E-state index in [0.717, 1.165) is 19.5 Å². The molecule has 7 heteroatoms. The van der Waals surface area contributed by atoms with Crippen LogP contribution in [-0.2, 0) is 4.79 Å². The summed E-state index contributed by atoms with van der Waals surface area (Å²) in [5, 5.41) is 4.07. The monoisotopic (exact) mass is 328 g/mol. The van der Waals surface area contributed by atoms with Crippen LogP contribution >= 0.6 is 0 Å². The first-order valence-corrected chi connectivity index (χ1v) is 8.27. The quantitative estimate of drug-likeness (QED) is 0.830. The summed E-state index contributed by atoms with van der Waals surface area (Å²) in [6.07, 6.45) is 7.83. The second-order valence-electron chi connectivity index (χ2n) is 6.53. The van der Waals surface area contributed by atoms with E-state index in [4.69, 9.17) is 0 Å². The Morgan fingerprint density at radius 1 is 1.46 bits per heavy atom. The van der Waals surface area contributed by atoms with Crippen LogP contribution in [0.2, 0.25) is 0 Å². The molecule has 7 nitrogen and oxygen atoms in total. The molecule has 1 unspecified atom stereocenters. The SMILES string of the molecule is CC(C(=O)N(C)C[C@@H]1CCN(C)[C@H]1c1cccnc1)n1cncn1. The minimum absolute atomic E-state index is 0.0555. The summed E-state index contributed by atoms with van der Waals surface area (Å²) < 4.78 is 1.60.